The Hall–Kier alpha value is -0.730. The Bertz CT molecular complexity index is 417. The van der Waals surface area contributed by atoms with Gasteiger partial charge in [0.1, 0.15) is 11.9 Å². The number of benzene rings is 1. The Morgan fingerprint density at radius 3 is 2.94 bits per heavy atom. The van der Waals surface area contributed by atoms with Crippen LogP contribution >= 0.6 is 11.6 Å². The summed E-state index contributed by atoms with van der Waals surface area (Å²) in [6.45, 7) is 7.59. The van der Waals surface area contributed by atoms with E-state index >= 15 is 0 Å². The number of fused-ring (bicyclic) bond motifs is 1. The molecule has 1 aromatic rings. The summed E-state index contributed by atoms with van der Waals surface area (Å²) in [5.41, 5.74) is 1.41. The summed E-state index contributed by atoms with van der Waals surface area (Å²) in [4.78, 5) is 0. The van der Waals surface area contributed by atoms with Crippen LogP contribution in [0.4, 0.5) is 0 Å². The lowest BCUT2D eigenvalue weighted by molar-refractivity contribution is 0.205. The van der Waals surface area contributed by atoms with Gasteiger partial charge in [-0.25, -0.2) is 0 Å². The van der Waals surface area contributed by atoms with E-state index in [0.717, 1.165) is 23.7 Å². The summed E-state index contributed by atoms with van der Waals surface area (Å²) in [5, 5.41) is 4.38. The van der Waals surface area contributed by atoms with E-state index in [1.165, 1.54) is 18.4 Å². The van der Waals surface area contributed by atoms with Gasteiger partial charge in [0, 0.05) is 23.5 Å². The zero-order chi connectivity index (χ0) is 13.2. The second kappa shape index (κ2) is 5.50. The molecule has 0 spiro atoms. The molecule has 1 N–H and O–H groups in total. The van der Waals surface area contributed by atoms with Gasteiger partial charge >= 0.3 is 0 Å². The van der Waals surface area contributed by atoms with Crippen LogP contribution in [0.3, 0.4) is 0 Å². The number of ether oxygens (including phenoxy) is 1. The molecule has 2 nitrogen and oxygen atoms in total. The van der Waals surface area contributed by atoms with Crippen LogP contribution in [0.15, 0.2) is 18.2 Å². The highest BCUT2D eigenvalue weighted by Gasteiger charge is 2.25. The average molecular weight is 268 g/mol. The third-order valence-corrected chi connectivity index (χ3v) is 3.68. The fraction of sp³-hybridized carbons (Fsp3) is 0.600. The van der Waals surface area contributed by atoms with Gasteiger partial charge in [0.15, 0.2) is 0 Å². The van der Waals surface area contributed by atoms with Crippen molar-refractivity contribution in [2.75, 3.05) is 6.54 Å². The summed E-state index contributed by atoms with van der Waals surface area (Å²) in [6.07, 6.45) is 3.56. The van der Waals surface area contributed by atoms with Crippen molar-refractivity contribution >= 4 is 11.6 Å². The first kappa shape index (κ1) is 13.7. The van der Waals surface area contributed by atoms with Crippen molar-refractivity contribution < 1.29 is 4.74 Å². The van der Waals surface area contributed by atoms with Gasteiger partial charge in [-0.15, -0.1) is 0 Å². The zero-order valence-electron chi connectivity index (χ0n) is 11.4. The van der Waals surface area contributed by atoms with Crippen LogP contribution in [0.5, 0.6) is 5.75 Å². The topological polar surface area (TPSA) is 21.3 Å². The second-order valence-electron chi connectivity index (χ2n) is 5.71. The van der Waals surface area contributed by atoms with Crippen molar-refractivity contribution in [3.05, 3.63) is 28.8 Å². The Labute approximate surface area is 115 Å². The molecule has 1 aromatic carbocycles. The molecule has 1 heterocycles. The largest absolute Gasteiger partial charge is 0.488 e. The minimum atomic E-state index is 0.185. The van der Waals surface area contributed by atoms with E-state index in [9.17, 15) is 0 Å². The van der Waals surface area contributed by atoms with Crippen LogP contribution in [0.25, 0.3) is 0 Å². The highest BCUT2D eigenvalue weighted by atomic mass is 35.5. The average Bonchev–Trinajstić information content (AvgIpc) is 2.68. The molecule has 0 radical (unpaired) electrons. The standard InChI is InChI=1S/C15H22ClNO/c1-4-7-15(2,3)17-10-13-9-11-8-12(16)5-6-14(11)18-13/h5-6,8,13,17H,4,7,9-10H2,1-3H3. The van der Waals surface area contributed by atoms with Crippen molar-refractivity contribution in [2.24, 2.45) is 0 Å². The van der Waals surface area contributed by atoms with Crippen molar-refractivity contribution in [2.45, 2.75) is 51.7 Å². The summed E-state index contributed by atoms with van der Waals surface area (Å²) < 4.78 is 5.91. The van der Waals surface area contributed by atoms with E-state index < -0.39 is 0 Å². The molecule has 3 heteroatoms. The van der Waals surface area contributed by atoms with Crippen molar-refractivity contribution in [3.8, 4) is 5.75 Å². The Balaban J connectivity index is 1.88. The molecule has 0 saturated carbocycles. The fourth-order valence-corrected chi connectivity index (χ4v) is 2.70. The van der Waals surface area contributed by atoms with Crippen LogP contribution in [-0.2, 0) is 6.42 Å². The van der Waals surface area contributed by atoms with Crippen molar-refractivity contribution in [3.63, 3.8) is 0 Å². The molecule has 0 aromatic heterocycles. The van der Waals surface area contributed by atoms with Gasteiger partial charge < -0.3 is 10.1 Å². The first-order valence-electron chi connectivity index (χ1n) is 6.70. The molecule has 0 fully saturated rings. The lowest BCUT2D eigenvalue weighted by atomic mass is 9.98. The van der Waals surface area contributed by atoms with Crippen LogP contribution in [0.2, 0.25) is 5.02 Å². The third-order valence-electron chi connectivity index (χ3n) is 3.45. The van der Waals surface area contributed by atoms with Crippen LogP contribution in [0.1, 0.15) is 39.2 Å². The zero-order valence-corrected chi connectivity index (χ0v) is 12.2. The Morgan fingerprint density at radius 2 is 2.22 bits per heavy atom. The third kappa shape index (κ3) is 3.39. The highest BCUT2D eigenvalue weighted by molar-refractivity contribution is 6.30. The molecule has 2 rings (SSSR count). The van der Waals surface area contributed by atoms with Crippen molar-refractivity contribution in [1.29, 1.82) is 0 Å². The molecule has 100 valence electrons. The normalized spacial score (nSPS) is 18.6. The molecule has 0 amide bonds. The van der Waals surface area contributed by atoms with E-state index in [1.807, 2.05) is 18.2 Å². The van der Waals surface area contributed by atoms with Gasteiger partial charge in [-0.3, -0.25) is 0 Å². The molecule has 18 heavy (non-hydrogen) atoms. The van der Waals surface area contributed by atoms with E-state index in [1.54, 1.807) is 0 Å². The lowest BCUT2D eigenvalue weighted by Crippen LogP contribution is -2.44. The molecule has 1 atom stereocenters. The van der Waals surface area contributed by atoms with Crippen LogP contribution < -0.4 is 10.1 Å². The molecule has 0 saturated heterocycles. The predicted molar refractivity (Wildman–Crippen MR) is 76.6 cm³/mol. The maximum atomic E-state index is 5.99. The van der Waals surface area contributed by atoms with E-state index in [2.05, 4.69) is 26.1 Å². The van der Waals surface area contributed by atoms with Gasteiger partial charge in [0.2, 0.25) is 0 Å². The first-order valence-corrected chi connectivity index (χ1v) is 7.08. The van der Waals surface area contributed by atoms with Crippen molar-refractivity contribution in [1.82, 2.24) is 5.32 Å². The number of hydrogen-bond acceptors (Lipinski definition) is 2. The molecule has 1 aliphatic heterocycles. The minimum Gasteiger partial charge on any atom is -0.488 e. The SMILES string of the molecule is CCCC(C)(C)NCC1Cc2cc(Cl)ccc2O1. The molecular weight excluding hydrogens is 246 g/mol. The van der Waals surface area contributed by atoms with Crippen LogP contribution in [0, 0.1) is 0 Å². The maximum absolute atomic E-state index is 5.99. The van der Waals surface area contributed by atoms with E-state index in [-0.39, 0.29) is 11.6 Å². The highest BCUT2D eigenvalue weighted by Crippen LogP contribution is 2.31. The summed E-state index contributed by atoms with van der Waals surface area (Å²) in [7, 11) is 0. The van der Waals surface area contributed by atoms with Gasteiger partial charge in [-0.05, 0) is 44.0 Å². The molecule has 0 bridgehead atoms. The van der Waals surface area contributed by atoms with E-state index in [4.69, 9.17) is 16.3 Å². The Morgan fingerprint density at radius 1 is 1.44 bits per heavy atom. The van der Waals surface area contributed by atoms with Gasteiger partial charge in [0.05, 0.1) is 0 Å². The van der Waals surface area contributed by atoms with Gasteiger partial charge in [0.25, 0.3) is 0 Å². The predicted octanol–water partition coefficient (Wildman–Crippen LogP) is 3.81. The monoisotopic (exact) mass is 267 g/mol. The second-order valence-corrected chi connectivity index (χ2v) is 6.15. The number of hydrogen-bond donors (Lipinski definition) is 1. The quantitative estimate of drug-likeness (QED) is 0.876. The van der Waals surface area contributed by atoms with Gasteiger partial charge in [-0.1, -0.05) is 24.9 Å². The molecular formula is C15H22ClNO. The van der Waals surface area contributed by atoms with E-state index in [0.29, 0.717) is 0 Å². The molecule has 0 aliphatic carbocycles. The van der Waals surface area contributed by atoms with Gasteiger partial charge in [-0.2, -0.15) is 0 Å². The minimum absolute atomic E-state index is 0.185. The number of nitrogens with one attached hydrogen (secondary N) is 1. The lowest BCUT2D eigenvalue weighted by Gasteiger charge is -2.27. The summed E-state index contributed by atoms with van der Waals surface area (Å²) in [6, 6.07) is 5.86. The first-order chi connectivity index (χ1) is 8.50. The number of halogens is 1. The van der Waals surface area contributed by atoms with Crippen LogP contribution in [-0.4, -0.2) is 18.2 Å². The summed E-state index contributed by atoms with van der Waals surface area (Å²) >= 11 is 5.99. The Kier molecular flexibility index (Phi) is 4.18. The maximum Gasteiger partial charge on any atom is 0.123 e. The summed E-state index contributed by atoms with van der Waals surface area (Å²) in [5.74, 6) is 0.986. The fourth-order valence-electron chi connectivity index (χ4n) is 2.51. The smallest absolute Gasteiger partial charge is 0.123 e. The molecule has 1 unspecified atom stereocenters. The molecule has 1 aliphatic rings. The number of rotatable bonds is 5.